The van der Waals surface area contributed by atoms with Crippen LogP contribution in [0.3, 0.4) is 0 Å². The predicted octanol–water partition coefficient (Wildman–Crippen LogP) is 1.83. The van der Waals surface area contributed by atoms with Crippen LogP contribution < -0.4 is 15.4 Å². The normalized spacial score (nSPS) is 23.4. The molecule has 1 aromatic heterocycles. The summed E-state index contributed by atoms with van der Waals surface area (Å²) in [6, 6.07) is 0.361. The van der Waals surface area contributed by atoms with E-state index in [1.54, 1.807) is 12.4 Å². The van der Waals surface area contributed by atoms with Gasteiger partial charge in [0.2, 0.25) is 5.88 Å². The Labute approximate surface area is 115 Å². The number of aromatic nitrogens is 2. The van der Waals surface area contributed by atoms with E-state index in [9.17, 15) is 0 Å². The van der Waals surface area contributed by atoms with Gasteiger partial charge in [-0.05, 0) is 25.2 Å². The molecule has 0 spiro atoms. The number of nitrogens with zero attached hydrogens (tertiary/aromatic N) is 3. The van der Waals surface area contributed by atoms with E-state index in [-0.39, 0.29) is 0 Å². The molecule has 1 aliphatic rings. The quantitative estimate of drug-likeness (QED) is 0.879. The third-order valence-electron chi connectivity index (χ3n) is 3.60. The van der Waals surface area contributed by atoms with Crippen LogP contribution in [0.4, 0.5) is 5.82 Å². The summed E-state index contributed by atoms with van der Waals surface area (Å²) in [6.07, 6.45) is 6.75. The molecule has 2 N–H and O–H groups in total. The van der Waals surface area contributed by atoms with Crippen LogP contribution >= 0.6 is 0 Å². The van der Waals surface area contributed by atoms with Crippen LogP contribution in [0.25, 0.3) is 0 Å². The third kappa shape index (κ3) is 3.56. The standard InChI is InChI=1S/C14H24N4O/c1-3-6-19-14-10-16-9-13(17-14)18-5-4-11(2)7-12(18)8-15/h9-12H,3-8,15H2,1-2H3. The first-order valence-electron chi connectivity index (χ1n) is 7.16. The van der Waals surface area contributed by atoms with Crippen LogP contribution in [0.5, 0.6) is 5.88 Å². The number of hydrogen-bond acceptors (Lipinski definition) is 5. The molecule has 2 atom stereocenters. The second-order valence-corrected chi connectivity index (χ2v) is 5.28. The summed E-state index contributed by atoms with van der Waals surface area (Å²) in [5.74, 6) is 2.22. The molecule has 0 amide bonds. The third-order valence-corrected chi connectivity index (χ3v) is 3.60. The van der Waals surface area contributed by atoms with Crippen LogP contribution in [0.2, 0.25) is 0 Å². The van der Waals surface area contributed by atoms with Crippen molar-refractivity contribution >= 4 is 5.82 Å². The van der Waals surface area contributed by atoms with E-state index >= 15 is 0 Å². The number of ether oxygens (including phenoxy) is 1. The van der Waals surface area contributed by atoms with E-state index in [1.165, 1.54) is 6.42 Å². The van der Waals surface area contributed by atoms with E-state index < -0.39 is 0 Å². The molecule has 106 valence electrons. The molecule has 1 aromatic rings. The molecule has 0 bridgehead atoms. The molecule has 5 heteroatoms. The van der Waals surface area contributed by atoms with E-state index in [4.69, 9.17) is 10.5 Å². The second kappa shape index (κ2) is 6.70. The maximum atomic E-state index is 5.89. The Kier molecular flexibility index (Phi) is 4.96. The van der Waals surface area contributed by atoms with Crippen molar-refractivity contribution < 1.29 is 4.74 Å². The summed E-state index contributed by atoms with van der Waals surface area (Å²) in [5.41, 5.74) is 5.89. The Morgan fingerprint density at radius 1 is 1.47 bits per heavy atom. The number of nitrogens with two attached hydrogens (primary N) is 1. The summed E-state index contributed by atoms with van der Waals surface area (Å²) in [5, 5.41) is 0. The van der Waals surface area contributed by atoms with Crippen molar-refractivity contribution in [2.75, 3.05) is 24.6 Å². The summed E-state index contributed by atoms with van der Waals surface area (Å²) >= 11 is 0. The Hall–Kier alpha value is -1.36. The molecule has 0 saturated carbocycles. The van der Waals surface area contributed by atoms with Gasteiger partial charge in [0.05, 0.1) is 19.0 Å². The molecule has 0 aromatic carbocycles. The van der Waals surface area contributed by atoms with Gasteiger partial charge in [-0.15, -0.1) is 0 Å². The van der Waals surface area contributed by atoms with Gasteiger partial charge in [-0.3, -0.25) is 4.98 Å². The van der Waals surface area contributed by atoms with Crippen molar-refractivity contribution in [2.24, 2.45) is 11.7 Å². The van der Waals surface area contributed by atoms with Gasteiger partial charge in [0.25, 0.3) is 0 Å². The highest BCUT2D eigenvalue weighted by Gasteiger charge is 2.26. The molecule has 2 heterocycles. The lowest BCUT2D eigenvalue weighted by Gasteiger charge is -2.38. The monoisotopic (exact) mass is 264 g/mol. The van der Waals surface area contributed by atoms with Crippen LogP contribution in [0.1, 0.15) is 33.1 Å². The topological polar surface area (TPSA) is 64.3 Å². The molecule has 0 aliphatic carbocycles. The number of hydrogen-bond donors (Lipinski definition) is 1. The minimum absolute atomic E-state index is 0.361. The van der Waals surface area contributed by atoms with Crippen molar-refractivity contribution in [3.63, 3.8) is 0 Å². The van der Waals surface area contributed by atoms with E-state index in [0.717, 1.165) is 31.1 Å². The fourth-order valence-electron chi connectivity index (χ4n) is 2.53. The smallest absolute Gasteiger partial charge is 0.234 e. The van der Waals surface area contributed by atoms with Crippen molar-refractivity contribution in [1.29, 1.82) is 0 Å². The first-order valence-corrected chi connectivity index (χ1v) is 7.16. The average molecular weight is 264 g/mol. The molecule has 1 saturated heterocycles. The zero-order valence-corrected chi connectivity index (χ0v) is 11.9. The molecule has 2 rings (SSSR count). The van der Waals surface area contributed by atoms with Crippen LogP contribution in [-0.4, -0.2) is 35.7 Å². The predicted molar refractivity (Wildman–Crippen MR) is 76.4 cm³/mol. The van der Waals surface area contributed by atoms with Crippen molar-refractivity contribution in [3.05, 3.63) is 12.4 Å². The number of rotatable bonds is 5. The summed E-state index contributed by atoms with van der Waals surface area (Å²) < 4.78 is 5.55. The lowest BCUT2D eigenvalue weighted by atomic mass is 9.92. The Morgan fingerprint density at radius 2 is 2.32 bits per heavy atom. The highest BCUT2D eigenvalue weighted by molar-refractivity contribution is 5.39. The average Bonchev–Trinajstić information content (AvgIpc) is 2.45. The maximum Gasteiger partial charge on any atom is 0.234 e. The molecule has 2 unspecified atom stereocenters. The fourth-order valence-corrected chi connectivity index (χ4v) is 2.53. The molecule has 5 nitrogen and oxygen atoms in total. The van der Waals surface area contributed by atoms with E-state index in [1.807, 2.05) is 0 Å². The highest BCUT2D eigenvalue weighted by atomic mass is 16.5. The van der Waals surface area contributed by atoms with Crippen molar-refractivity contribution in [2.45, 2.75) is 39.2 Å². The van der Waals surface area contributed by atoms with Gasteiger partial charge in [-0.25, -0.2) is 0 Å². The Bertz CT molecular complexity index is 399. The van der Waals surface area contributed by atoms with Crippen LogP contribution in [0.15, 0.2) is 12.4 Å². The minimum atomic E-state index is 0.361. The molecule has 19 heavy (non-hydrogen) atoms. The lowest BCUT2D eigenvalue weighted by molar-refractivity contribution is 0.302. The van der Waals surface area contributed by atoms with Gasteiger partial charge in [-0.1, -0.05) is 13.8 Å². The van der Waals surface area contributed by atoms with Gasteiger partial charge < -0.3 is 15.4 Å². The van der Waals surface area contributed by atoms with E-state index in [0.29, 0.717) is 25.1 Å². The van der Waals surface area contributed by atoms with Gasteiger partial charge in [0, 0.05) is 19.1 Å². The zero-order valence-electron chi connectivity index (χ0n) is 11.9. The first kappa shape index (κ1) is 14.1. The van der Waals surface area contributed by atoms with Crippen LogP contribution in [-0.2, 0) is 0 Å². The minimum Gasteiger partial charge on any atom is -0.477 e. The summed E-state index contributed by atoms with van der Waals surface area (Å²) in [7, 11) is 0. The molecular formula is C14H24N4O. The summed E-state index contributed by atoms with van der Waals surface area (Å²) in [6.45, 7) is 6.69. The lowest BCUT2D eigenvalue weighted by Crippen LogP contribution is -2.46. The van der Waals surface area contributed by atoms with Gasteiger partial charge in [0.15, 0.2) is 5.82 Å². The first-order chi connectivity index (χ1) is 9.24. The van der Waals surface area contributed by atoms with Crippen LogP contribution in [0, 0.1) is 5.92 Å². The Balaban J connectivity index is 2.11. The zero-order chi connectivity index (χ0) is 13.7. The second-order valence-electron chi connectivity index (χ2n) is 5.28. The number of anilines is 1. The van der Waals surface area contributed by atoms with Gasteiger partial charge in [-0.2, -0.15) is 4.98 Å². The largest absolute Gasteiger partial charge is 0.477 e. The maximum absolute atomic E-state index is 5.89. The molecule has 1 aliphatic heterocycles. The van der Waals surface area contributed by atoms with E-state index in [2.05, 4.69) is 28.7 Å². The van der Waals surface area contributed by atoms with Crippen molar-refractivity contribution in [3.8, 4) is 5.88 Å². The summed E-state index contributed by atoms with van der Waals surface area (Å²) in [4.78, 5) is 11.0. The number of piperidine rings is 1. The fraction of sp³-hybridized carbons (Fsp3) is 0.714. The highest BCUT2D eigenvalue weighted by Crippen LogP contribution is 2.26. The Morgan fingerprint density at radius 3 is 3.05 bits per heavy atom. The SMILES string of the molecule is CCCOc1cncc(N2CCC(C)CC2CN)n1. The molecule has 0 radical (unpaired) electrons. The van der Waals surface area contributed by atoms with Crippen molar-refractivity contribution in [1.82, 2.24) is 9.97 Å². The van der Waals surface area contributed by atoms with Gasteiger partial charge >= 0.3 is 0 Å². The van der Waals surface area contributed by atoms with Gasteiger partial charge in [0.1, 0.15) is 0 Å². The molecule has 1 fully saturated rings. The molecular weight excluding hydrogens is 240 g/mol.